The van der Waals surface area contributed by atoms with Gasteiger partial charge in [0.15, 0.2) is 11.5 Å². The van der Waals surface area contributed by atoms with Crippen LogP contribution in [0.1, 0.15) is 39.1 Å². The Hall–Kier alpha value is -4.34. The normalized spacial score (nSPS) is 17.1. The van der Waals surface area contributed by atoms with Gasteiger partial charge in [-0.3, -0.25) is 14.3 Å². The molecule has 0 saturated heterocycles. The summed E-state index contributed by atoms with van der Waals surface area (Å²) in [6.07, 6.45) is 3.62. The molecule has 3 heterocycles. The third-order valence-electron chi connectivity index (χ3n) is 6.35. The lowest BCUT2D eigenvalue weighted by atomic mass is 9.81. The lowest BCUT2D eigenvalue weighted by molar-refractivity contribution is -0.134. The Kier molecular flexibility index (Phi) is 5.87. The number of carbonyl (C=O) groups excluding carboxylic acids is 2. The second-order valence-electron chi connectivity index (χ2n) is 8.92. The van der Waals surface area contributed by atoms with E-state index in [1.807, 2.05) is 37.5 Å². The van der Waals surface area contributed by atoms with E-state index in [0.29, 0.717) is 5.56 Å². The molecule has 5 rings (SSSR count). The molecule has 10 heteroatoms. The Balaban J connectivity index is 1.58. The number of aromatic nitrogens is 3. The molecule has 36 heavy (non-hydrogen) atoms. The van der Waals surface area contributed by atoms with Crippen molar-refractivity contribution in [1.29, 1.82) is 0 Å². The zero-order valence-corrected chi connectivity index (χ0v) is 19.9. The van der Waals surface area contributed by atoms with Crippen LogP contribution in [0.15, 0.2) is 65.4 Å². The fraction of sp³-hybridized carbons (Fsp3) is 0.231. The number of fused-ring (bicyclic) bond motifs is 1. The number of carbonyl (C=O) groups is 2. The summed E-state index contributed by atoms with van der Waals surface area (Å²) < 4.78 is 34.5. The van der Waals surface area contributed by atoms with Gasteiger partial charge in [0.1, 0.15) is 17.7 Å². The number of halogens is 2. The summed E-state index contributed by atoms with van der Waals surface area (Å²) in [5.41, 5.74) is 2.42. The minimum Gasteiger partial charge on any atom is -0.355 e. The van der Waals surface area contributed by atoms with Crippen LogP contribution in [-0.4, -0.2) is 57.2 Å². The van der Waals surface area contributed by atoms with Crippen LogP contribution in [0.3, 0.4) is 0 Å². The van der Waals surface area contributed by atoms with E-state index in [2.05, 4.69) is 10.3 Å². The molecule has 0 N–H and O–H groups in total. The van der Waals surface area contributed by atoms with E-state index in [4.69, 9.17) is 4.52 Å². The van der Waals surface area contributed by atoms with Gasteiger partial charge < -0.3 is 14.3 Å². The molecule has 1 aliphatic rings. The predicted molar refractivity (Wildman–Crippen MR) is 126 cm³/mol. The van der Waals surface area contributed by atoms with Crippen molar-refractivity contribution in [2.24, 2.45) is 7.05 Å². The maximum Gasteiger partial charge on any atom is 0.277 e. The number of likely N-dealkylation sites (N-methyl/N-ethyl adjacent to an activating group) is 1. The highest BCUT2D eigenvalue weighted by molar-refractivity contribution is 5.97. The second-order valence-corrected chi connectivity index (χ2v) is 8.92. The number of hydrogen-bond donors (Lipinski definition) is 0. The van der Waals surface area contributed by atoms with Gasteiger partial charge in [-0.2, -0.15) is 5.10 Å². The Labute approximate surface area is 205 Å². The molecule has 2 amide bonds. The first-order valence-electron chi connectivity index (χ1n) is 11.3. The Morgan fingerprint density at radius 1 is 1.08 bits per heavy atom. The van der Waals surface area contributed by atoms with Crippen molar-refractivity contribution in [2.75, 3.05) is 20.6 Å². The topological polar surface area (TPSA) is 84.5 Å². The first-order chi connectivity index (χ1) is 17.2. The minimum absolute atomic E-state index is 0.0208. The summed E-state index contributed by atoms with van der Waals surface area (Å²) in [4.78, 5) is 30.0. The van der Waals surface area contributed by atoms with Gasteiger partial charge in [0.05, 0.1) is 11.8 Å². The predicted octanol–water partition coefficient (Wildman–Crippen LogP) is 3.77. The van der Waals surface area contributed by atoms with Crippen LogP contribution >= 0.6 is 0 Å². The molecule has 8 nitrogen and oxygen atoms in total. The van der Waals surface area contributed by atoms with Gasteiger partial charge in [0.2, 0.25) is 5.91 Å². The highest BCUT2D eigenvalue weighted by Gasteiger charge is 2.42. The van der Waals surface area contributed by atoms with Gasteiger partial charge in [-0.1, -0.05) is 29.4 Å². The van der Waals surface area contributed by atoms with Crippen molar-refractivity contribution in [3.05, 3.63) is 94.9 Å². The average Bonchev–Trinajstić information content (AvgIpc) is 3.51. The van der Waals surface area contributed by atoms with Crippen molar-refractivity contribution in [3.63, 3.8) is 0 Å². The third kappa shape index (κ3) is 4.04. The standard InChI is InChI=1S/C26H23F2N5O3/c1-31(2)26(35)24-18-7-5-4-6-17(18)20(15-12-29-32(3)13-15)14-33(24)25(34)22-11-23(36-30-22)19-9-8-16(27)10-21(19)28/h4-13,20,24H,14H2,1-3H3. The smallest absolute Gasteiger partial charge is 0.277 e. The van der Waals surface area contributed by atoms with E-state index in [1.54, 1.807) is 25.0 Å². The summed E-state index contributed by atoms with van der Waals surface area (Å²) >= 11 is 0. The largest absolute Gasteiger partial charge is 0.355 e. The zero-order chi connectivity index (χ0) is 25.6. The van der Waals surface area contributed by atoms with E-state index in [0.717, 1.165) is 23.3 Å². The van der Waals surface area contributed by atoms with E-state index < -0.39 is 23.6 Å². The molecule has 0 aliphatic carbocycles. The van der Waals surface area contributed by atoms with Crippen molar-refractivity contribution in [2.45, 2.75) is 12.0 Å². The minimum atomic E-state index is -0.890. The molecule has 184 valence electrons. The maximum atomic E-state index is 14.3. The van der Waals surface area contributed by atoms with Gasteiger partial charge in [0.25, 0.3) is 5.91 Å². The molecule has 0 bridgehead atoms. The molecule has 2 aromatic heterocycles. The number of rotatable bonds is 4. The van der Waals surface area contributed by atoms with Gasteiger partial charge >= 0.3 is 0 Å². The quantitative estimate of drug-likeness (QED) is 0.434. The summed E-state index contributed by atoms with van der Waals surface area (Å²) in [5, 5.41) is 8.13. The highest BCUT2D eigenvalue weighted by atomic mass is 19.1. The zero-order valence-electron chi connectivity index (χ0n) is 19.9. The monoisotopic (exact) mass is 491 g/mol. The third-order valence-corrected chi connectivity index (χ3v) is 6.35. The van der Waals surface area contributed by atoms with Crippen LogP contribution in [-0.2, 0) is 11.8 Å². The fourth-order valence-electron chi connectivity index (χ4n) is 4.60. The van der Waals surface area contributed by atoms with E-state index in [9.17, 15) is 18.4 Å². The Morgan fingerprint density at radius 3 is 2.50 bits per heavy atom. The average molecular weight is 491 g/mol. The van der Waals surface area contributed by atoms with Gasteiger partial charge in [-0.05, 0) is 28.8 Å². The van der Waals surface area contributed by atoms with Crippen LogP contribution in [0, 0.1) is 11.6 Å². The summed E-state index contributed by atoms with van der Waals surface area (Å²) in [7, 11) is 5.07. The highest BCUT2D eigenvalue weighted by Crippen LogP contribution is 2.41. The first-order valence-corrected chi connectivity index (χ1v) is 11.3. The van der Waals surface area contributed by atoms with Crippen molar-refractivity contribution in [3.8, 4) is 11.3 Å². The van der Waals surface area contributed by atoms with Crippen LogP contribution in [0.4, 0.5) is 8.78 Å². The van der Waals surface area contributed by atoms with Crippen LogP contribution in [0.25, 0.3) is 11.3 Å². The van der Waals surface area contributed by atoms with Crippen molar-refractivity contribution < 1.29 is 22.9 Å². The van der Waals surface area contributed by atoms with Gasteiger partial charge in [-0.15, -0.1) is 0 Å². The lowest BCUT2D eigenvalue weighted by Crippen LogP contribution is -2.48. The van der Waals surface area contributed by atoms with Crippen LogP contribution in [0.2, 0.25) is 0 Å². The van der Waals surface area contributed by atoms with Gasteiger partial charge in [-0.25, -0.2) is 8.78 Å². The molecule has 2 unspecified atom stereocenters. The number of amides is 2. The van der Waals surface area contributed by atoms with E-state index in [-0.39, 0.29) is 35.4 Å². The summed E-state index contributed by atoms with van der Waals surface area (Å²) in [5.74, 6) is -2.64. The lowest BCUT2D eigenvalue weighted by Gasteiger charge is -2.40. The van der Waals surface area contributed by atoms with E-state index >= 15 is 0 Å². The molecule has 0 spiro atoms. The Bertz CT molecular complexity index is 1460. The molecule has 0 fully saturated rings. The van der Waals surface area contributed by atoms with Crippen molar-refractivity contribution in [1.82, 2.24) is 24.7 Å². The molecular weight excluding hydrogens is 468 g/mol. The van der Waals surface area contributed by atoms with E-state index in [1.165, 1.54) is 21.9 Å². The number of hydrogen-bond acceptors (Lipinski definition) is 5. The van der Waals surface area contributed by atoms with Gasteiger partial charge in [0, 0.05) is 51.9 Å². The van der Waals surface area contributed by atoms with Crippen molar-refractivity contribution >= 4 is 11.8 Å². The SMILES string of the molecule is CN(C)C(=O)C1c2ccccc2C(c2cnn(C)c2)CN1C(=O)c1cc(-c2ccc(F)cc2F)on1. The fourth-order valence-corrected chi connectivity index (χ4v) is 4.60. The van der Waals surface area contributed by atoms with Crippen LogP contribution in [0.5, 0.6) is 0 Å². The maximum absolute atomic E-state index is 14.3. The molecule has 1 aliphatic heterocycles. The molecule has 4 aromatic rings. The van der Waals surface area contributed by atoms with Crippen LogP contribution < -0.4 is 0 Å². The molecule has 2 aromatic carbocycles. The molecule has 0 saturated carbocycles. The summed E-state index contributed by atoms with van der Waals surface area (Å²) in [6, 6.07) is 11.0. The molecular formula is C26H23F2N5O3. The Morgan fingerprint density at radius 2 is 1.83 bits per heavy atom. The second kappa shape index (κ2) is 9.03. The number of nitrogens with zero attached hydrogens (tertiary/aromatic N) is 5. The first kappa shape index (κ1) is 23.4. The number of benzene rings is 2. The molecule has 2 atom stereocenters. The number of aryl methyl sites for hydroxylation is 1. The molecule has 0 radical (unpaired) electrons. The summed E-state index contributed by atoms with van der Waals surface area (Å²) in [6.45, 7) is 0.193.